The number of ketones is 2. The number of nitrogens with one attached hydrogen (secondary N) is 1. The van der Waals surface area contributed by atoms with E-state index in [0.29, 0.717) is 6.07 Å². The molecule has 2 aliphatic carbocycles. The van der Waals surface area contributed by atoms with E-state index in [1.54, 1.807) is 0 Å². The minimum Gasteiger partial charge on any atom is -0.325 e. The Labute approximate surface area is 153 Å². The number of carbonyl (C=O) groups excluding carboxylic acids is 3. The summed E-state index contributed by atoms with van der Waals surface area (Å²) in [5, 5.41) is 1.76. The lowest BCUT2D eigenvalue weighted by Crippen LogP contribution is -2.45. The lowest BCUT2D eigenvalue weighted by Gasteiger charge is -2.34. The smallest absolute Gasteiger partial charge is 0.325 e. The van der Waals surface area contributed by atoms with Crippen LogP contribution in [0.1, 0.15) is 44.1 Å². The Morgan fingerprint density at radius 1 is 1.12 bits per heavy atom. The molecule has 140 valence electrons. The van der Waals surface area contributed by atoms with Crippen LogP contribution in [0.5, 0.6) is 0 Å². The Kier molecular flexibility index (Phi) is 4.86. The lowest BCUT2D eigenvalue weighted by molar-refractivity contribution is -0.145. The SMILES string of the molecule is O=C1CC2(CCCC2)CC(=O)C1C(=O)Nc1ccc(Cl)c(C(F)(F)F)c1. The monoisotopic (exact) mass is 387 g/mol. The zero-order valence-corrected chi connectivity index (χ0v) is 14.5. The molecule has 1 aromatic rings. The quantitative estimate of drug-likeness (QED) is 0.765. The van der Waals surface area contributed by atoms with Crippen LogP contribution >= 0.6 is 11.6 Å². The molecule has 0 saturated heterocycles. The van der Waals surface area contributed by atoms with E-state index in [4.69, 9.17) is 11.6 Å². The van der Waals surface area contributed by atoms with Crippen LogP contribution in [-0.2, 0) is 20.6 Å². The first-order chi connectivity index (χ1) is 12.1. The molecule has 0 bridgehead atoms. The molecule has 26 heavy (non-hydrogen) atoms. The molecule has 2 aliphatic rings. The molecule has 1 aromatic carbocycles. The average molecular weight is 388 g/mol. The van der Waals surface area contributed by atoms with Crippen molar-refractivity contribution in [3.8, 4) is 0 Å². The van der Waals surface area contributed by atoms with Crippen LogP contribution in [0.2, 0.25) is 5.02 Å². The van der Waals surface area contributed by atoms with Gasteiger partial charge >= 0.3 is 6.18 Å². The third-order valence-electron chi connectivity index (χ3n) is 5.21. The number of halogens is 4. The molecular weight excluding hydrogens is 371 g/mol. The van der Waals surface area contributed by atoms with Gasteiger partial charge in [-0.15, -0.1) is 0 Å². The number of Topliss-reactive ketones (excluding diaryl/α,β-unsaturated/α-hetero) is 2. The number of benzene rings is 1. The molecule has 0 unspecified atom stereocenters. The molecule has 3 rings (SSSR count). The third kappa shape index (κ3) is 3.63. The van der Waals surface area contributed by atoms with Gasteiger partial charge in [-0.25, -0.2) is 0 Å². The second-order valence-corrected chi connectivity index (χ2v) is 7.52. The second-order valence-electron chi connectivity index (χ2n) is 7.11. The Balaban J connectivity index is 1.76. The zero-order valence-electron chi connectivity index (χ0n) is 13.8. The van der Waals surface area contributed by atoms with Gasteiger partial charge in [-0.05, 0) is 36.5 Å². The van der Waals surface area contributed by atoms with Crippen molar-refractivity contribution in [2.24, 2.45) is 11.3 Å². The van der Waals surface area contributed by atoms with Gasteiger partial charge < -0.3 is 5.32 Å². The summed E-state index contributed by atoms with van der Waals surface area (Å²) in [6, 6.07) is 2.90. The number of alkyl halides is 3. The van der Waals surface area contributed by atoms with Crippen molar-refractivity contribution in [2.75, 3.05) is 5.32 Å². The summed E-state index contributed by atoms with van der Waals surface area (Å²) in [5.74, 6) is -3.24. The van der Waals surface area contributed by atoms with E-state index in [1.165, 1.54) is 6.07 Å². The normalized spacial score (nSPS) is 20.6. The largest absolute Gasteiger partial charge is 0.417 e. The summed E-state index contributed by atoms with van der Waals surface area (Å²) >= 11 is 5.54. The minimum atomic E-state index is -4.68. The van der Waals surface area contributed by atoms with Gasteiger partial charge in [0.25, 0.3) is 0 Å². The molecule has 2 saturated carbocycles. The molecule has 0 aliphatic heterocycles. The van der Waals surface area contributed by atoms with Crippen molar-refractivity contribution in [1.29, 1.82) is 0 Å². The Morgan fingerprint density at radius 2 is 1.69 bits per heavy atom. The van der Waals surface area contributed by atoms with E-state index < -0.39 is 40.2 Å². The third-order valence-corrected chi connectivity index (χ3v) is 5.54. The van der Waals surface area contributed by atoms with Crippen LogP contribution in [0, 0.1) is 11.3 Å². The predicted molar refractivity (Wildman–Crippen MR) is 88.7 cm³/mol. The van der Waals surface area contributed by atoms with E-state index in [1.807, 2.05) is 0 Å². The zero-order chi connectivity index (χ0) is 19.1. The van der Waals surface area contributed by atoms with Crippen molar-refractivity contribution in [2.45, 2.75) is 44.7 Å². The van der Waals surface area contributed by atoms with Gasteiger partial charge in [0.2, 0.25) is 5.91 Å². The molecular formula is C18H17ClF3NO3. The highest BCUT2D eigenvalue weighted by Crippen LogP contribution is 2.48. The fraction of sp³-hybridized carbons (Fsp3) is 0.500. The van der Waals surface area contributed by atoms with Crippen molar-refractivity contribution >= 4 is 34.8 Å². The van der Waals surface area contributed by atoms with Crippen LogP contribution in [-0.4, -0.2) is 17.5 Å². The summed E-state index contributed by atoms with van der Waals surface area (Å²) in [5.41, 5.74) is -1.58. The minimum absolute atomic E-state index is 0.159. The number of hydrogen-bond donors (Lipinski definition) is 1. The maximum Gasteiger partial charge on any atom is 0.417 e. The van der Waals surface area contributed by atoms with Crippen molar-refractivity contribution in [1.82, 2.24) is 0 Å². The second kappa shape index (κ2) is 6.68. The highest BCUT2D eigenvalue weighted by molar-refractivity contribution is 6.31. The van der Waals surface area contributed by atoms with Crippen LogP contribution in [0.3, 0.4) is 0 Å². The summed E-state index contributed by atoms with van der Waals surface area (Å²) in [6.07, 6.45) is -0.819. The van der Waals surface area contributed by atoms with Crippen molar-refractivity contribution in [3.05, 3.63) is 28.8 Å². The topological polar surface area (TPSA) is 63.2 Å². The molecule has 2 fully saturated rings. The van der Waals surface area contributed by atoms with Crippen LogP contribution in [0.4, 0.5) is 18.9 Å². The fourth-order valence-corrected chi connectivity index (χ4v) is 4.22. The van der Waals surface area contributed by atoms with Gasteiger partial charge in [-0.3, -0.25) is 14.4 Å². The first-order valence-electron chi connectivity index (χ1n) is 8.34. The number of carbonyl (C=O) groups is 3. The molecule has 0 heterocycles. The molecule has 8 heteroatoms. The number of hydrogen-bond acceptors (Lipinski definition) is 3. The van der Waals surface area contributed by atoms with Gasteiger partial charge in [0.15, 0.2) is 17.5 Å². The van der Waals surface area contributed by atoms with Gasteiger partial charge in [0, 0.05) is 18.5 Å². The summed E-state index contributed by atoms with van der Waals surface area (Å²) < 4.78 is 38.7. The van der Waals surface area contributed by atoms with E-state index in [9.17, 15) is 27.6 Å². The Morgan fingerprint density at radius 3 is 2.23 bits per heavy atom. The first-order valence-corrected chi connectivity index (χ1v) is 8.72. The van der Waals surface area contributed by atoms with E-state index in [-0.39, 0.29) is 23.9 Å². The van der Waals surface area contributed by atoms with Gasteiger partial charge in [-0.2, -0.15) is 13.2 Å². The molecule has 0 atom stereocenters. The molecule has 4 nitrogen and oxygen atoms in total. The van der Waals surface area contributed by atoms with Crippen molar-refractivity contribution in [3.63, 3.8) is 0 Å². The maximum absolute atomic E-state index is 12.9. The molecule has 0 aromatic heterocycles. The van der Waals surface area contributed by atoms with Crippen LogP contribution in [0.15, 0.2) is 18.2 Å². The van der Waals surface area contributed by atoms with E-state index >= 15 is 0 Å². The average Bonchev–Trinajstić information content (AvgIpc) is 2.94. The lowest BCUT2D eigenvalue weighted by atomic mass is 9.68. The van der Waals surface area contributed by atoms with Crippen LogP contribution < -0.4 is 5.32 Å². The van der Waals surface area contributed by atoms with Crippen molar-refractivity contribution < 1.29 is 27.6 Å². The highest BCUT2D eigenvalue weighted by atomic mass is 35.5. The van der Waals surface area contributed by atoms with Gasteiger partial charge in [0.05, 0.1) is 10.6 Å². The molecule has 1 N–H and O–H groups in total. The molecule has 1 amide bonds. The Bertz CT molecular complexity index is 749. The van der Waals surface area contributed by atoms with Crippen LogP contribution in [0.25, 0.3) is 0 Å². The first kappa shape index (κ1) is 18.9. The fourth-order valence-electron chi connectivity index (χ4n) is 3.99. The predicted octanol–water partition coefficient (Wildman–Crippen LogP) is 4.41. The van der Waals surface area contributed by atoms with Gasteiger partial charge in [0.1, 0.15) is 0 Å². The highest BCUT2D eigenvalue weighted by Gasteiger charge is 2.48. The maximum atomic E-state index is 12.9. The number of rotatable bonds is 2. The standard InChI is InChI=1S/C18H17ClF3NO3/c19-12-4-3-10(7-11(12)18(20,21)22)23-16(26)15-13(24)8-17(9-14(15)25)5-1-2-6-17/h3-4,7,15H,1-2,5-6,8-9H2,(H,23,26). The Hall–Kier alpha value is -1.89. The summed E-state index contributed by atoms with van der Waals surface area (Å²) in [6.45, 7) is 0. The number of amides is 1. The molecule has 0 radical (unpaired) electrons. The van der Waals surface area contributed by atoms with E-state index in [0.717, 1.165) is 31.7 Å². The van der Waals surface area contributed by atoms with E-state index in [2.05, 4.69) is 5.32 Å². The summed E-state index contributed by atoms with van der Waals surface area (Å²) in [4.78, 5) is 37.2. The van der Waals surface area contributed by atoms with Gasteiger partial charge in [-0.1, -0.05) is 24.4 Å². The number of anilines is 1. The summed E-state index contributed by atoms with van der Waals surface area (Å²) in [7, 11) is 0. The molecule has 1 spiro atoms.